The first-order valence-electron chi connectivity index (χ1n) is 25.2. The number of nitrogens with one attached hydrogen (secondary N) is 1. The van der Waals surface area contributed by atoms with Crippen LogP contribution in [0.3, 0.4) is 0 Å². The van der Waals surface area contributed by atoms with E-state index >= 15 is 0 Å². The quantitative estimate of drug-likeness (QED) is 0.0239. The second-order valence-electron chi connectivity index (χ2n) is 17.1. The summed E-state index contributed by atoms with van der Waals surface area (Å²) >= 11 is 0. The molecule has 0 saturated heterocycles. The number of aliphatic hydroxyl groups is 1. The van der Waals surface area contributed by atoms with Gasteiger partial charge in [-0.25, -0.2) is 4.57 Å². The van der Waals surface area contributed by atoms with E-state index in [4.69, 9.17) is 13.8 Å². The third kappa shape index (κ3) is 47.6. The summed E-state index contributed by atoms with van der Waals surface area (Å²) in [6, 6.07) is 0. The fourth-order valence-electron chi connectivity index (χ4n) is 7.38. The van der Waals surface area contributed by atoms with Crippen molar-refractivity contribution in [2.75, 3.05) is 26.4 Å². The van der Waals surface area contributed by atoms with Crippen LogP contribution in [0.25, 0.3) is 0 Å². The minimum Gasteiger partial charge on any atom is -0.463 e. The van der Waals surface area contributed by atoms with Crippen molar-refractivity contribution in [3.05, 3.63) is 12.2 Å². The van der Waals surface area contributed by atoms with E-state index in [-0.39, 0.29) is 32.1 Å². The van der Waals surface area contributed by atoms with Crippen molar-refractivity contribution >= 4 is 19.7 Å². The summed E-state index contributed by atoms with van der Waals surface area (Å²) < 4.78 is 27.0. The molecule has 0 aliphatic heterocycles. The van der Waals surface area contributed by atoms with Gasteiger partial charge in [-0.15, -0.1) is 0 Å². The molecule has 2 unspecified atom stereocenters. The highest BCUT2D eigenvalue weighted by molar-refractivity contribution is 7.47. The molecule has 9 nitrogen and oxygen atoms in total. The Balaban J connectivity index is 3.51. The number of rotatable bonds is 48. The molecular formula is C49H96NO8P. The van der Waals surface area contributed by atoms with Crippen molar-refractivity contribution in [2.24, 2.45) is 0 Å². The van der Waals surface area contributed by atoms with Crippen LogP contribution in [0.5, 0.6) is 0 Å². The molecule has 0 aliphatic rings. The largest absolute Gasteiger partial charge is 0.472 e. The summed E-state index contributed by atoms with van der Waals surface area (Å²) in [5.74, 6) is -0.503. The van der Waals surface area contributed by atoms with Crippen LogP contribution in [-0.2, 0) is 27.9 Å². The van der Waals surface area contributed by atoms with E-state index in [1.807, 2.05) is 0 Å². The molecule has 0 radical (unpaired) electrons. The average Bonchev–Trinajstić information content (AvgIpc) is 3.22. The number of phosphoric acid groups is 1. The lowest BCUT2D eigenvalue weighted by Crippen LogP contribution is -2.27. The smallest absolute Gasteiger partial charge is 0.463 e. The molecule has 0 aliphatic carbocycles. The molecule has 2 atom stereocenters. The lowest BCUT2D eigenvalue weighted by atomic mass is 10.0. The molecule has 3 N–H and O–H groups in total. The van der Waals surface area contributed by atoms with E-state index in [0.29, 0.717) is 6.42 Å². The highest BCUT2D eigenvalue weighted by Crippen LogP contribution is 2.42. The summed E-state index contributed by atoms with van der Waals surface area (Å²) in [5.41, 5.74) is 0. The fraction of sp³-hybridized carbons (Fsp3) is 0.918. The number of unbranched alkanes of at least 4 members (excludes halogenated alkanes) is 33. The molecule has 0 aromatic rings. The number of aliphatic hydroxyl groups excluding tert-OH is 1. The second kappa shape index (κ2) is 46.3. The Morgan fingerprint density at radius 3 is 1.27 bits per heavy atom. The summed E-state index contributed by atoms with van der Waals surface area (Å²) in [6.07, 6.45) is 50.1. The Hall–Kier alpha value is -1.25. The van der Waals surface area contributed by atoms with Crippen LogP contribution in [-0.4, -0.2) is 54.3 Å². The van der Waals surface area contributed by atoms with Crippen LogP contribution in [0.4, 0.5) is 0 Å². The van der Waals surface area contributed by atoms with Crippen molar-refractivity contribution in [3.63, 3.8) is 0 Å². The minimum atomic E-state index is -4.41. The number of hydrogen-bond acceptors (Lipinski definition) is 7. The predicted octanol–water partition coefficient (Wildman–Crippen LogP) is 14.6. The van der Waals surface area contributed by atoms with E-state index in [0.717, 1.165) is 38.5 Å². The third-order valence-electron chi connectivity index (χ3n) is 11.2. The van der Waals surface area contributed by atoms with Crippen molar-refractivity contribution < 1.29 is 37.9 Å². The van der Waals surface area contributed by atoms with Crippen LogP contribution in [0, 0.1) is 0 Å². The molecule has 0 rings (SSSR count). The monoisotopic (exact) mass is 858 g/mol. The molecule has 0 spiro atoms. The zero-order valence-corrected chi connectivity index (χ0v) is 39.6. The molecule has 0 fully saturated rings. The first kappa shape index (κ1) is 57.8. The van der Waals surface area contributed by atoms with Crippen molar-refractivity contribution in [1.82, 2.24) is 5.32 Å². The van der Waals surface area contributed by atoms with Crippen LogP contribution < -0.4 is 5.32 Å². The van der Waals surface area contributed by atoms with Crippen LogP contribution >= 0.6 is 7.82 Å². The summed E-state index contributed by atoms with van der Waals surface area (Å²) in [7, 11) is -4.41. The van der Waals surface area contributed by atoms with E-state index in [1.165, 1.54) is 193 Å². The Bertz CT molecular complexity index is 980. The molecule has 10 heteroatoms. The lowest BCUT2D eigenvalue weighted by molar-refractivity contribution is -0.147. The van der Waals surface area contributed by atoms with E-state index in [2.05, 4.69) is 31.3 Å². The number of phosphoric ester groups is 1. The topological polar surface area (TPSA) is 131 Å². The van der Waals surface area contributed by atoms with E-state index in [9.17, 15) is 24.2 Å². The zero-order chi connectivity index (χ0) is 43.2. The van der Waals surface area contributed by atoms with Gasteiger partial charge in [0.2, 0.25) is 5.91 Å². The van der Waals surface area contributed by atoms with Gasteiger partial charge in [0.25, 0.3) is 0 Å². The van der Waals surface area contributed by atoms with Crippen LogP contribution in [0.15, 0.2) is 12.2 Å². The van der Waals surface area contributed by atoms with Gasteiger partial charge in [-0.05, 0) is 38.5 Å². The lowest BCUT2D eigenvalue weighted by Gasteiger charge is -2.15. The summed E-state index contributed by atoms with van der Waals surface area (Å²) in [5, 5.41) is 12.7. The maximum Gasteiger partial charge on any atom is 0.472 e. The van der Waals surface area contributed by atoms with Crippen LogP contribution in [0.2, 0.25) is 0 Å². The van der Waals surface area contributed by atoms with Crippen molar-refractivity contribution in [3.8, 4) is 0 Å². The Kier molecular flexibility index (Phi) is 45.3. The number of amides is 1. The van der Waals surface area contributed by atoms with Crippen molar-refractivity contribution in [2.45, 2.75) is 264 Å². The average molecular weight is 858 g/mol. The molecule has 0 saturated carbocycles. The minimum absolute atomic E-state index is 0.0871. The normalized spacial score (nSPS) is 13.2. The number of esters is 1. The van der Waals surface area contributed by atoms with E-state index in [1.54, 1.807) is 0 Å². The van der Waals surface area contributed by atoms with Gasteiger partial charge in [0.15, 0.2) is 0 Å². The molecule has 0 bridgehead atoms. The Labute approximate surface area is 364 Å². The number of carbonyl (C=O) groups is 2. The maximum atomic E-state index is 12.1. The van der Waals surface area contributed by atoms with Gasteiger partial charge in [-0.3, -0.25) is 18.6 Å². The summed E-state index contributed by atoms with van der Waals surface area (Å²) in [4.78, 5) is 34.0. The van der Waals surface area contributed by atoms with Crippen molar-refractivity contribution in [1.29, 1.82) is 0 Å². The van der Waals surface area contributed by atoms with Crippen LogP contribution in [0.1, 0.15) is 258 Å². The number of allylic oxidation sites excluding steroid dienone is 2. The Morgan fingerprint density at radius 2 is 0.864 bits per heavy atom. The van der Waals surface area contributed by atoms with E-state index < -0.39 is 26.5 Å². The molecule has 0 aromatic carbocycles. The highest BCUT2D eigenvalue weighted by Gasteiger charge is 2.23. The molecular weight excluding hydrogens is 762 g/mol. The fourth-order valence-corrected chi connectivity index (χ4v) is 8.13. The van der Waals surface area contributed by atoms with Gasteiger partial charge in [-0.1, -0.05) is 219 Å². The number of ether oxygens (including phenoxy) is 1. The molecule has 1 amide bonds. The van der Waals surface area contributed by atoms with Gasteiger partial charge >= 0.3 is 13.8 Å². The standard InChI is InChI=1S/C49H96NO8P/c1-3-5-7-9-11-13-15-17-19-20-21-22-23-24-25-26-28-30-32-34-36-38-40-42-49(53)56-45-47(51)46-58-59(54,55)57-44-43-50-48(52)41-39-37-35-33-31-29-27-18-16-14-12-10-8-6-4-2/h17,19,47,51H,3-16,18,20-46H2,1-2H3,(H,50,52)(H,54,55)/b19-17+. The van der Waals surface area contributed by atoms with Gasteiger partial charge < -0.3 is 20.1 Å². The third-order valence-corrected chi connectivity index (χ3v) is 12.2. The second-order valence-corrected chi connectivity index (χ2v) is 18.6. The Morgan fingerprint density at radius 1 is 0.508 bits per heavy atom. The van der Waals surface area contributed by atoms with Gasteiger partial charge in [0, 0.05) is 19.4 Å². The first-order chi connectivity index (χ1) is 28.8. The number of hydrogen-bond donors (Lipinski definition) is 3. The van der Waals surface area contributed by atoms with Gasteiger partial charge in [0.05, 0.1) is 13.2 Å². The maximum absolute atomic E-state index is 12.1. The predicted molar refractivity (Wildman–Crippen MR) is 248 cm³/mol. The van der Waals surface area contributed by atoms with Gasteiger partial charge in [0.1, 0.15) is 12.7 Å². The molecule has 0 aromatic heterocycles. The molecule has 350 valence electrons. The van der Waals surface area contributed by atoms with Gasteiger partial charge in [-0.2, -0.15) is 0 Å². The molecule has 59 heavy (non-hydrogen) atoms. The SMILES string of the molecule is CCCCCCCC/C=C/CCCCCCCCCCCCCCCC(=O)OCC(O)COP(=O)(O)OCCNC(=O)CCCCCCCCCCCCCCCCC. The zero-order valence-electron chi connectivity index (χ0n) is 38.7. The number of carbonyl (C=O) groups excluding carboxylic acids is 2. The highest BCUT2D eigenvalue weighted by atomic mass is 31.2. The first-order valence-corrected chi connectivity index (χ1v) is 26.7. The summed E-state index contributed by atoms with van der Waals surface area (Å²) in [6.45, 7) is 3.60. The molecule has 0 heterocycles.